The largest absolute Gasteiger partial charge is 0.378 e. The van der Waals surface area contributed by atoms with Crippen LogP contribution in [0.5, 0.6) is 0 Å². The Bertz CT molecular complexity index is 1220. The summed E-state index contributed by atoms with van der Waals surface area (Å²) in [5, 5.41) is 7.19. The number of hydrogen-bond donors (Lipinski definition) is 2. The van der Waals surface area contributed by atoms with E-state index in [-0.39, 0.29) is 28.0 Å². The summed E-state index contributed by atoms with van der Waals surface area (Å²) in [5.41, 5.74) is 5.55. The number of amidine groups is 1. The number of alkyl halides is 1. The molecule has 0 unspecified atom stereocenters. The number of fused-ring (bicyclic) bond motifs is 1. The maximum atomic E-state index is 15.0. The summed E-state index contributed by atoms with van der Waals surface area (Å²) in [7, 11) is 0. The van der Waals surface area contributed by atoms with Crippen LogP contribution in [0.15, 0.2) is 58.4 Å². The monoisotopic (exact) mass is 475 g/mol. The Morgan fingerprint density at radius 3 is 2.88 bits per heavy atom. The van der Waals surface area contributed by atoms with Crippen LogP contribution in [0.25, 0.3) is 0 Å². The number of aromatic nitrogens is 2. The molecule has 2 aromatic heterocycles. The van der Waals surface area contributed by atoms with Gasteiger partial charge in [0, 0.05) is 29.4 Å². The van der Waals surface area contributed by atoms with Gasteiger partial charge in [0.1, 0.15) is 35.7 Å². The Kier molecular flexibility index (Phi) is 4.94. The van der Waals surface area contributed by atoms with Crippen molar-refractivity contribution in [2.45, 2.75) is 16.7 Å². The van der Waals surface area contributed by atoms with Gasteiger partial charge in [0.15, 0.2) is 5.17 Å². The van der Waals surface area contributed by atoms with Crippen molar-refractivity contribution in [1.82, 2.24) is 10.1 Å². The van der Waals surface area contributed by atoms with Gasteiger partial charge < -0.3 is 15.6 Å². The molecule has 1 aromatic carbocycles. The fourth-order valence-electron chi connectivity index (χ4n) is 4.24. The summed E-state index contributed by atoms with van der Waals surface area (Å²) < 4.78 is 34.0. The first-order chi connectivity index (χ1) is 15.4. The van der Waals surface area contributed by atoms with Crippen LogP contribution in [0.4, 0.5) is 14.5 Å². The highest BCUT2D eigenvalue weighted by Gasteiger charge is 2.70. The molecule has 32 heavy (non-hydrogen) atoms. The minimum atomic E-state index is -1.54. The molecule has 164 valence electrons. The van der Waals surface area contributed by atoms with Crippen LogP contribution in [-0.4, -0.2) is 27.9 Å². The van der Waals surface area contributed by atoms with Crippen molar-refractivity contribution in [2.75, 3.05) is 12.0 Å². The number of halogens is 3. The van der Waals surface area contributed by atoms with E-state index in [0.29, 0.717) is 17.1 Å². The smallest absolute Gasteiger partial charge is 0.274 e. The first-order valence-electron chi connectivity index (χ1n) is 9.62. The summed E-state index contributed by atoms with van der Waals surface area (Å²) in [6.07, 6.45) is 3.28. The van der Waals surface area contributed by atoms with Crippen LogP contribution < -0.4 is 11.1 Å². The van der Waals surface area contributed by atoms with Crippen molar-refractivity contribution in [3.63, 3.8) is 0 Å². The van der Waals surface area contributed by atoms with Crippen molar-refractivity contribution < 1.29 is 18.1 Å². The molecule has 0 radical (unpaired) electrons. The topological polar surface area (TPSA) is 106 Å². The fraction of sp³-hybridized carbons (Fsp3) is 0.238. The van der Waals surface area contributed by atoms with Gasteiger partial charge in [-0.15, -0.1) is 0 Å². The molecular weight excluding hydrogens is 460 g/mol. The predicted molar refractivity (Wildman–Crippen MR) is 117 cm³/mol. The standard InChI is InChI=1S/C21H16ClF2N5O2S/c22-11-1-4-15(26-9-11)18(30)27-12-2-3-14(24)13(7-12)20(10-23)16-8-21(16,32-19(25)28-20)17-5-6-31-29-17/h1-7,9,16H,8,10H2,(H2,25,28)(H,27,30)/t16-,20+,21-/m0/s1. The number of carbonyl (C=O) groups excluding carboxylic acids is 1. The second-order valence-corrected chi connectivity index (χ2v) is 9.44. The lowest BCUT2D eigenvalue weighted by Gasteiger charge is -2.34. The lowest BCUT2D eigenvalue weighted by molar-refractivity contribution is 0.102. The first-order valence-corrected chi connectivity index (χ1v) is 10.8. The van der Waals surface area contributed by atoms with Crippen molar-refractivity contribution in [2.24, 2.45) is 16.6 Å². The summed E-state index contributed by atoms with van der Waals surface area (Å²) in [6.45, 7) is -0.967. The Labute approximate surface area is 190 Å². The predicted octanol–water partition coefficient (Wildman–Crippen LogP) is 4.26. The highest BCUT2D eigenvalue weighted by atomic mass is 35.5. The molecule has 11 heteroatoms. The van der Waals surface area contributed by atoms with Crippen LogP contribution in [0.1, 0.15) is 28.2 Å². The quantitative estimate of drug-likeness (QED) is 0.571. The molecule has 1 fully saturated rings. The van der Waals surface area contributed by atoms with Crippen LogP contribution in [0.3, 0.4) is 0 Å². The summed E-state index contributed by atoms with van der Waals surface area (Å²) >= 11 is 7.08. The lowest BCUT2D eigenvalue weighted by atomic mass is 9.84. The number of rotatable bonds is 5. The molecule has 3 aromatic rings. The maximum absolute atomic E-state index is 15.0. The molecule has 3 heterocycles. The van der Waals surface area contributed by atoms with Crippen LogP contribution >= 0.6 is 23.4 Å². The summed E-state index contributed by atoms with van der Waals surface area (Å²) in [4.78, 5) is 20.9. The van der Waals surface area contributed by atoms with Gasteiger partial charge in [-0.25, -0.2) is 18.8 Å². The minimum absolute atomic E-state index is 0.0143. The van der Waals surface area contributed by atoms with E-state index in [1.165, 1.54) is 54.6 Å². The molecule has 7 nitrogen and oxygen atoms in total. The Balaban J connectivity index is 1.51. The van der Waals surface area contributed by atoms with Gasteiger partial charge in [0.05, 0.1) is 9.77 Å². The molecule has 1 aliphatic carbocycles. The highest BCUT2D eigenvalue weighted by molar-refractivity contribution is 8.14. The zero-order chi connectivity index (χ0) is 22.5. The Morgan fingerprint density at radius 2 is 2.19 bits per heavy atom. The van der Waals surface area contributed by atoms with Crippen molar-refractivity contribution >= 4 is 40.1 Å². The molecule has 3 N–H and O–H groups in total. The average Bonchev–Trinajstić information content (AvgIpc) is 3.26. The molecule has 0 saturated heterocycles. The van der Waals surface area contributed by atoms with Gasteiger partial charge in [0.25, 0.3) is 5.91 Å². The van der Waals surface area contributed by atoms with Gasteiger partial charge in [0.2, 0.25) is 0 Å². The van der Waals surface area contributed by atoms with E-state index in [1.807, 2.05) is 0 Å². The first kappa shape index (κ1) is 20.9. The molecule has 1 saturated carbocycles. The molecule has 2 aliphatic rings. The minimum Gasteiger partial charge on any atom is -0.378 e. The number of amides is 1. The summed E-state index contributed by atoms with van der Waals surface area (Å²) in [5.74, 6) is -1.55. The number of benzene rings is 1. The third kappa shape index (κ3) is 3.25. The third-order valence-corrected chi connectivity index (χ3v) is 7.36. The number of carbonyl (C=O) groups is 1. The van der Waals surface area contributed by atoms with E-state index in [9.17, 15) is 9.18 Å². The van der Waals surface area contributed by atoms with Crippen LogP contribution in [0.2, 0.25) is 5.02 Å². The maximum Gasteiger partial charge on any atom is 0.274 e. The molecule has 3 atom stereocenters. The van der Waals surface area contributed by atoms with E-state index in [4.69, 9.17) is 21.9 Å². The molecule has 1 aliphatic heterocycles. The molecule has 1 amide bonds. The zero-order valence-electron chi connectivity index (χ0n) is 16.4. The molecular formula is C21H16ClF2N5O2S. The van der Waals surface area contributed by atoms with Crippen molar-refractivity contribution in [1.29, 1.82) is 0 Å². The van der Waals surface area contributed by atoms with Gasteiger partial charge in [-0.05, 0) is 36.8 Å². The number of pyridine rings is 1. The Morgan fingerprint density at radius 1 is 1.34 bits per heavy atom. The number of thioether (sulfide) groups is 1. The molecule has 0 bridgehead atoms. The SMILES string of the molecule is NC1=N[C@](CF)(c2cc(NC(=O)c3ccc(Cl)cn3)ccc2F)[C@@H]2C[C@]2(c2ccon2)S1. The van der Waals surface area contributed by atoms with E-state index < -0.39 is 28.7 Å². The number of hydrogen-bond acceptors (Lipinski definition) is 7. The third-order valence-electron chi connectivity index (χ3n) is 5.81. The van der Waals surface area contributed by atoms with Gasteiger partial charge in [-0.2, -0.15) is 0 Å². The van der Waals surface area contributed by atoms with E-state index in [0.717, 1.165) is 0 Å². The van der Waals surface area contributed by atoms with Crippen molar-refractivity contribution in [3.05, 3.63) is 76.6 Å². The number of nitrogens with zero attached hydrogens (tertiary/aromatic N) is 3. The number of anilines is 1. The normalized spacial score (nSPS) is 26.2. The van der Waals surface area contributed by atoms with E-state index in [2.05, 4.69) is 20.4 Å². The lowest BCUT2D eigenvalue weighted by Crippen LogP contribution is -2.39. The number of aliphatic imine (C=N–C) groups is 1. The van der Waals surface area contributed by atoms with Crippen molar-refractivity contribution in [3.8, 4) is 0 Å². The zero-order valence-corrected chi connectivity index (χ0v) is 18.0. The van der Waals surface area contributed by atoms with E-state index in [1.54, 1.807) is 6.07 Å². The number of nitrogens with one attached hydrogen (secondary N) is 1. The second kappa shape index (κ2) is 7.56. The van der Waals surface area contributed by atoms with Gasteiger partial charge >= 0.3 is 0 Å². The van der Waals surface area contributed by atoms with Crippen LogP contribution in [-0.2, 0) is 10.3 Å². The number of nitrogens with two attached hydrogens (primary N) is 1. The highest BCUT2D eigenvalue weighted by Crippen LogP contribution is 2.71. The second-order valence-electron chi connectivity index (χ2n) is 7.65. The van der Waals surface area contributed by atoms with Gasteiger partial charge in [-0.1, -0.05) is 28.5 Å². The fourth-order valence-corrected chi connectivity index (χ4v) is 5.74. The molecule has 5 rings (SSSR count). The molecule has 0 spiro atoms. The van der Waals surface area contributed by atoms with Crippen LogP contribution in [0, 0.1) is 11.7 Å². The van der Waals surface area contributed by atoms with E-state index >= 15 is 4.39 Å². The summed E-state index contributed by atoms with van der Waals surface area (Å²) in [6, 6.07) is 8.64. The average molecular weight is 476 g/mol. The van der Waals surface area contributed by atoms with Gasteiger partial charge in [-0.3, -0.25) is 4.79 Å². The Hall–Kier alpha value is -2.98.